The van der Waals surface area contributed by atoms with E-state index in [1.807, 2.05) is 6.08 Å². The van der Waals surface area contributed by atoms with Gasteiger partial charge in [0.25, 0.3) is 0 Å². The van der Waals surface area contributed by atoms with E-state index in [1.165, 1.54) is 0 Å². The Morgan fingerprint density at radius 2 is 2.08 bits per heavy atom. The van der Waals surface area contributed by atoms with Gasteiger partial charge in [-0.05, 0) is 0 Å². The minimum Gasteiger partial charge on any atom is -0.393 e. The average molecular weight is 174 g/mol. The Kier molecular flexibility index (Phi) is 3.68. The Morgan fingerprint density at radius 3 is 2.58 bits per heavy atom. The van der Waals surface area contributed by atoms with Crippen LogP contribution in [0.4, 0.5) is 0 Å². The molecule has 1 N–H and O–H groups in total. The molecule has 0 saturated heterocycles. The molecule has 0 bridgehead atoms. The van der Waals surface area contributed by atoms with Crippen molar-refractivity contribution in [2.75, 3.05) is 20.8 Å². The van der Waals surface area contributed by atoms with Crippen LogP contribution in [0.1, 0.15) is 0 Å². The van der Waals surface area contributed by atoms with E-state index in [0.717, 1.165) is 0 Å². The van der Waals surface area contributed by atoms with Crippen molar-refractivity contribution in [2.45, 2.75) is 18.5 Å². The Hall–Kier alpha value is -0.420. The summed E-state index contributed by atoms with van der Waals surface area (Å²) in [6, 6.07) is 0. The molecule has 0 radical (unpaired) electrons. The fraction of sp³-hybridized carbons (Fsp3) is 0.750. The molecule has 0 aromatic rings. The van der Waals surface area contributed by atoms with Gasteiger partial charge >= 0.3 is 0 Å². The molecule has 70 valence electrons. The van der Waals surface area contributed by atoms with Gasteiger partial charge in [0.2, 0.25) is 0 Å². The highest BCUT2D eigenvalue weighted by Crippen LogP contribution is 2.15. The van der Waals surface area contributed by atoms with E-state index < -0.39 is 6.29 Å². The van der Waals surface area contributed by atoms with Crippen molar-refractivity contribution in [1.29, 1.82) is 0 Å². The molecule has 4 nitrogen and oxygen atoms in total. The normalized spacial score (nSPS) is 35.4. The van der Waals surface area contributed by atoms with Gasteiger partial charge in [-0.15, -0.1) is 0 Å². The highest BCUT2D eigenvalue weighted by molar-refractivity contribution is 5.00. The molecule has 0 aromatic carbocycles. The van der Waals surface area contributed by atoms with Crippen molar-refractivity contribution in [3.63, 3.8) is 0 Å². The van der Waals surface area contributed by atoms with Crippen LogP contribution in [0.3, 0.4) is 0 Å². The summed E-state index contributed by atoms with van der Waals surface area (Å²) in [6.45, 7) is -0.0349. The molecule has 1 aliphatic heterocycles. The number of methoxy groups -OCH3 is 2. The third-order valence-electron chi connectivity index (χ3n) is 1.78. The second-order valence-electron chi connectivity index (χ2n) is 2.55. The first kappa shape index (κ1) is 9.67. The molecule has 0 saturated carbocycles. The van der Waals surface area contributed by atoms with Crippen molar-refractivity contribution in [1.82, 2.24) is 0 Å². The highest BCUT2D eigenvalue weighted by Gasteiger charge is 2.26. The molecular formula is C8H14O4. The van der Waals surface area contributed by atoms with Gasteiger partial charge in [-0.25, -0.2) is 0 Å². The average Bonchev–Trinajstić information content (AvgIpc) is 2.16. The molecule has 1 rings (SSSR count). The van der Waals surface area contributed by atoms with E-state index in [2.05, 4.69) is 0 Å². The molecule has 0 spiro atoms. The molecule has 0 fully saturated rings. The van der Waals surface area contributed by atoms with E-state index in [-0.39, 0.29) is 18.8 Å². The second kappa shape index (κ2) is 4.57. The van der Waals surface area contributed by atoms with Gasteiger partial charge in [0.1, 0.15) is 12.2 Å². The molecule has 12 heavy (non-hydrogen) atoms. The SMILES string of the molecule is CO[C@H]1O[C@H](CO)C=C[C@@H]1OC. The Morgan fingerprint density at radius 1 is 1.33 bits per heavy atom. The fourth-order valence-electron chi connectivity index (χ4n) is 1.10. The number of ether oxygens (including phenoxy) is 3. The molecular weight excluding hydrogens is 160 g/mol. The minimum atomic E-state index is -0.419. The second-order valence-corrected chi connectivity index (χ2v) is 2.55. The summed E-state index contributed by atoms with van der Waals surface area (Å²) in [5, 5.41) is 8.79. The molecule has 4 heteroatoms. The number of rotatable bonds is 3. The van der Waals surface area contributed by atoms with Crippen LogP contribution >= 0.6 is 0 Å². The maximum absolute atomic E-state index is 8.79. The van der Waals surface area contributed by atoms with Crippen molar-refractivity contribution >= 4 is 0 Å². The molecule has 3 atom stereocenters. The van der Waals surface area contributed by atoms with Gasteiger partial charge < -0.3 is 19.3 Å². The Balaban J connectivity index is 2.56. The lowest BCUT2D eigenvalue weighted by Gasteiger charge is -2.29. The summed E-state index contributed by atoms with van der Waals surface area (Å²) < 4.78 is 15.4. The standard InChI is InChI=1S/C8H14O4/c1-10-7-4-3-6(5-9)12-8(7)11-2/h3-4,6-9H,5H2,1-2H3/t6-,7-,8-/m0/s1. The number of hydrogen-bond acceptors (Lipinski definition) is 4. The molecule has 0 unspecified atom stereocenters. The first-order chi connectivity index (χ1) is 5.81. The van der Waals surface area contributed by atoms with Crippen molar-refractivity contribution < 1.29 is 19.3 Å². The molecule has 1 aliphatic rings. The summed E-state index contributed by atoms with van der Waals surface area (Å²) in [5.41, 5.74) is 0. The summed E-state index contributed by atoms with van der Waals surface area (Å²) in [6.07, 6.45) is 2.72. The topological polar surface area (TPSA) is 47.9 Å². The number of hydrogen-bond donors (Lipinski definition) is 1. The summed E-state index contributed by atoms with van der Waals surface area (Å²) in [5.74, 6) is 0. The number of aliphatic hydroxyl groups excluding tert-OH is 1. The first-order valence-electron chi connectivity index (χ1n) is 3.82. The van der Waals surface area contributed by atoms with Crippen LogP contribution in [0.2, 0.25) is 0 Å². The van der Waals surface area contributed by atoms with Crippen LogP contribution in [-0.4, -0.2) is 44.4 Å². The quantitative estimate of drug-likeness (QED) is 0.608. The van der Waals surface area contributed by atoms with Crippen LogP contribution in [0.15, 0.2) is 12.2 Å². The lowest BCUT2D eigenvalue weighted by atomic mass is 10.2. The molecule has 1 heterocycles. The molecule has 0 amide bonds. The monoisotopic (exact) mass is 174 g/mol. The Bertz CT molecular complexity index is 157. The summed E-state index contributed by atoms with van der Waals surface area (Å²) in [7, 11) is 3.13. The van der Waals surface area contributed by atoms with Gasteiger partial charge in [0.05, 0.1) is 6.61 Å². The van der Waals surface area contributed by atoms with Gasteiger partial charge in [-0.1, -0.05) is 12.2 Å². The molecule has 0 aliphatic carbocycles. The van der Waals surface area contributed by atoms with E-state index >= 15 is 0 Å². The minimum absolute atomic E-state index is 0.0349. The van der Waals surface area contributed by atoms with Crippen molar-refractivity contribution in [2.24, 2.45) is 0 Å². The largest absolute Gasteiger partial charge is 0.393 e. The fourth-order valence-corrected chi connectivity index (χ4v) is 1.10. The lowest BCUT2D eigenvalue weighted by Crippen LogP contribution is -2.38. The smallest absolute Gasteiger partial charge is 0.187 e. The van der Waals surface area contributed by atoms with Crippen molar-refractivity contribution in [3.8, 4) is 0 Å². The molecule has 0 aromatic heterocycles. The maximum Gasteiger partial charge on any atom is 0.187 e. The predicted molar refractivity (Wildman–Crippen MR) is 42.7 cm³/mol. The Labute approximate surface area is 71.7 Å². The summed E-state index contributed by atoms with van der Waals surface area (Å²) in [4.78, 5) is 0. The van der Waals surface area contributed by atoms with Crippen LogP contribution in [-0.2, 0) is 14.2 Å². The zero-order valence-corrected chi connectivity index (χ0v) is 7.27. The van der Waals surface area contributed by atoms with Gasteiger partial charge in [-0.3, -0.25) is 0 Å². The zero-order chi connectivity index (χ0) is 8.97. The lowest BCUT2D eigenvalue weighted by molar-refractivity contribution is -0.201. The maximum atomic E-state index is 8.79. The predicted octanol–water partition coefficient (Wildman–Crippen LogP) is -0.0788. The van der Waals surface area contributed by atoms with E-state index in [4.69, 9.17) is 19.3 Å². The van der Waals surface area contributed by atoms with Gasteiger partial charge in [-0.2, -0.15) is 0 Å². The van der Waals surface area contributed by atoms with Crippen molar-refractivity contribution in [3.05, 3.63) is 12.2 Å². The van der Waals surface area contributed by atoms with Gasteiger partial charge in [0.15, 0.2) is 6.29 Å². The van der Waals surface area contributed by atoms with Crippen LogP contribution in [0.25, 0.3) is 0 Å². The third kappa shape index (κ3) is 2.04. The number of aliphatic hydroxyl groups is 1. The van der Waals surface area contributed by atoms with Crippen LogP contribution < -0.4 is 0 Å². The summed E-state index contributed by atoms with van der Waals surface area (Å²) >= 11 is 0. The van der Waals surface area contributed by atoms with E-state index in [9.17, 15) is 0 Å². The van der Waals surface area contributed by atoms with Crippen LogP contribution in [0, 0.1) is 0 Å². The van der Waals surface area contributed by atoms with E-state index in [0.29, 0.717) is 0 Å². The van der Waals surface area contributed by atoms with Crippen LogP contribution in [0.5, 0.6) is 0 Å². The third-order valence-corrected chi connectivity index (χ3v) is 1.78. The zero-order valence-electron chi connectivity index (χ0n) is 7.27. The van der Waals surface area contributed by atoms with E-state index in [1.54, 1.807) is 20.3 Å². The first-order valence-corrected chi connectivity index (χ1v) is 3.82. The van der Waals surface area contributed by atoms with Gasteiger partial charge in [0, 0.05) is 14.2 Å². The highest BCUT2D eigenvalue weighted by atomic mass is 16.7.